The summed E-state index contributed by atoms with van der Waals surface area (Å²) in [5.74, 6) is 0.304. The number of hydrogen-bond acceptors (Lipinski definition) is 4. The molecule has 2 fully saturated rings. The number of halogens is 1. The van der Waals surface area contributed by atoms with Crippen molar-refractivity contribution in [2.24, 2.45) is 5.92 Å². The molecule has 7 heteroatoms. The van der Waals surface area contributed by atoms with Gasteiger partial charge in [-0.15, -0.1) is 11.8 Å². The lowest BCUT2D eigenvalue weighted by molar-refractivity contribution is -0.132. The highest BCUT2D eigenvalue weighted by Gasteiger charge is 2.59. The van der Waals surface area contributed by atoms with E-state index in [1.165, 1.54) is 18.2 Å². The number of carbonyl (C=O) groups excluding carboxylic acids is 2. The zero-order valence-corrected chi connectivity index (χ0v) is 24.4. The van der Waals surface area contributed by atoms with Crippen LogP contribution in [0.3, 0.4) is 0 Å². The SMILES string of the molecule is Cc1ccc(S[C@]2(C(=O)NCC(C)C)CC(=O)N(C3CCCCC3)[C@@H]2c2ccc(CO)cc2I)cc1. The summed E-state index contributed by atoms with van der Waals surface area (Å²) in [5.41, 5.74) is 2.98. The van der Waals surface area contributed by atoms with Gasteiger partial charge in [-0.1, -0.05) is 62.9 Å². The smallest absolute Gasteiger partial charge is 0.239 e. The minimum Gasteiger partial charge on any atom is -0.392 e. The number of thioether (sulfide) groups is 1. The molecule has 0 aromatic heterocycles. The standard InChI is InChI=1S/C29H37IN2O3S/c1-19(2)17-31-28(35)29(36-23-12-9-20(3)10-13-23)16-26(34)32(22-7-5-4-6-8-22)27(29)24-14-11-21(18-33)15-25(24)30/h9-15,19,22,27,33H,4-8,16-18H2,1-3H3,(H,31,35)/t27-,29-/m1/s1. The van der Waals surface area contributed by atoms with Gasteiger partial charge in [0.2, 0.25) is 11.8 Å². The molecular formula is C29H37IN2O3S. The van der Waals surface area contributed by atoms with Crippen molar-refractivity contribution in [2.75, 3.05) is 6.54 Å². The summed E-state index contributed by atoms with van der Waals surface area (Å²) in [6, 6.07) is 13.9. The van der Waals surface area contributed by atoms with Crippen molar-refractivity contribution in [3.05, 3.63) is 62.7 Å². The minimum absolute atomic E-state index is 0.0373. The first-order chi connectivity index (χ1) is 17.2. The van der Waals surface area contributed by atoms with E-state index in [4.69, 9.17) is 0 Å². The molecule has 1 saturated heterocycles. The van der Waals surface area contributed by atoms with Gasteiger partial charge in [0.1, 0.15) is 4.75 Å². The Morgan fingerprint density at radius 3 is 2.47 bits per heavy atom. The molecule has 2 N–H and O–H groups in total. The maximum absolute atomic E-state index is 14.2. The molecule has 5 nitrogen and oxygen atoms in total. The van der Waals surface area contributed by atoms with Crippen molar-refractivity contribution in [3.63, 3.8) is 0 Å². The normalized spacial score (nSPS) is 22.9. The van der Waals surface area contributed by atoms with E-state index in [9.17, 15) is 14.7 Å². The number of carbonyl (C=O) groups is 2. The number of nitrogens with one attached hydrogen (secondary N) is 1. The van der Waals surface area contributed by atoms with Crippen LogP contribution >= 0.6 is 34.4 Å². The molecule has 2 atom stereocenters. The molecule has 36 heavy (non-hydrogen) atoms. The van der Waals surface area contributed by atoms with E-state index in [0.717, 1.165) is 50.8 Å². The Balaban J connectivity index is 1.86. The lowest BCUT2D eigenvalue weighted by Gasteiger charge is -2.41. The van der Waals surface area contributed by atoms with Crippen molar-refractivity contribution in [2.45, 2.75) is 87.6 Å². The van der Waals surface area contributed by atoms with Gasteiger partial charge in [0.15, 0.2) is 0 Å². The average Bonchev–Trinajstić information content (AvgIpc) is 3.16. The monoisotopic (exact) mass is 620 g/mol. The molecule has 2 aliphatic rings. The van der Waals surface area contributed by atoms with E-state index in [0.29, 0.717) is 12.5 Å². The predicted octanol–water partition coefficient (Wildman–Crippen LogP) is 6.00. The van der Waals surface area contributed by atoms with Crippen molar-refractivity contribution in [3.8, 4) is 0 Å². The van der Waals surface area contributed by atoms with Gasteiger partial charge in [-0.3, -0.25) is 9.59 Å². The second-order valence-electron chi connectivity index (χ2n) is 10.6. The first kappa shape index (κ1) is 27.5. The highest BCUT2D eigenvalue weighted by Crippen LogP contribution is 2.55. The number of hydrogen-bond donors (Lipinski definition) is 2. The van der Waals surface area contributed by atoms with Gasteiger partial charge in [-0.05, 0) is 77.6 Å². The van der Waals surface area contributed by atoms with Crippen LogP contribution in [0.25, 0.3) is 0 Å². The number of benzene rings is 2. The van der Waals surface area contributed by atoms with Gasteiger partial charge in [0, 0.05) is 21.1 Å². The number of amides is 2. The third kappa shape index (κ3) is 5.78. The van der Waals surface area contributed by atoms with Crippen LogP contribution in [0.1, 0.15) is 75.1 Å². The second-order valence-corrected chi connectivity index (χ2v) is 13.2. The zero-order chi connectivity index (χ0) is 25.9. The van der Waals surface area contributed by atoms with Crippen LogP contribution in [0.4, 0.5) is 0 Å². The Labute approximate surface area is 232 Å². The summed E-state index contributed by atoms with van der Waals surface area (Å²) in [6.45, 7) is 6.76. The first-order valence-electron chi connectivity index (χ1n) is 13.0. The second kappa shape index (κ2) is 11.9. The van der Waals surface area contributed by atoms with Crippen LogP contribution in [-0.2, 0) is 16.2 Å². The molecule has 1 aliphatic heterocycles. The van der Waals surface area contributed by atoms with Crippen molar-refractivity contribution < 1.29 is 14.7 Å². The molecular weight excluding hydrogens is 583 g/mol. The highest BCUT2D eigenvalue weighted by atomic mass is 127. The Hall–Kier alpha value is -1.58. The Bertz CT molecular complexity index is 1080. The van der Waals surface area contributed by atoms with Gasteiger partial charge in [-0.25, -0.2) is 0 Å². The molecule has 0 spiro atoms. The molecule has 4 rings (SSSR count). The number of aliphatic hydroxyl groups excluding tert-OH is 1. The topological polar surface area (TPSA) is 69.6 Å². The number of nitrogens with zero attached hydrogens (tertiary/aromatic N) is 1. The van der Waals surface area contributed by atoms with Crippen LogP contribution in [-0.4, -0.2) is 39.2 Å². The quantitative estimate of drug-likeness (QED) is 0.356. The third-order valence-corrected chi connectivity index (χ3v) is 9.67. The maximum Gasteiger partial charge on any atom is 0.239 e. The summed E-state index contributed by atoms with van der Waals surface area (Å²) in [5, 5.41) is 12.9. The number of likely N-dealkylation sites (tertiary alicyclic amines) is 1. The number of aliphatic hydroxyl groups is 1. The zero-order valence-electron chi connectivity index (χ0n) is 21.4. The van der Waals surface area contributed by atoms with E-state index in [1.54, 1.807) is 0 Å². The van der Waals surface area contributed by atoms with Crippen LogP contribution in [0.5, 0.6) is 0 Å². The van der Waals surface area contributed by atoms with Gasteiger partial charge in [0.05, 0.1) is 19.1 Å². The fourth-order valence-electron chi connectivity index (χ4n) is 5.45. The first-order valence-corrected chi connectivity index (χ1v) is 14.9. The van der Waals surface area contributed by atoms with Gasteiger partial charge in [0.25, 0.3) is 0 Å². The molecule has 0 radical (unpaired) electrons. The molecule has 2 aromatic carbocycles. The summed E-state index contributed by atoms with van der Waals surface area (Å²) in [7, 11) is 0. The molecule has 1 aliphatic carbocycles. The molecule has 194 valence electrons. The van der Waals surface area contributed by atoms with Crippen LogP contribution in [0.15, 0.2) is 47.4 Å². The summed E-state index contributed by atoms with van der Waals surface area (Å²) in [6.07, 6.45) is 5.55. The minimum atomic E-state index is -0.987. The van der Waals surface area contributed by atoms with Crippen LogP contribution < -0.4 is 5.32 Å². The molecule has 0 bridgehead atoms. The van der Waals surface area contributed by atoms with Crippen molar-refractivity contribution >= 4 is 46.2 Å². The highest BCUT2D eigenvalue weighted by molar-refractivity contribution is 14.1. The fourth-order valence-corrected chi connectivity index (χ4v) is 7.73. The van der Waals surface area contributed by atoms with E-state index in [-0.39, 0.29) is 36.9 Å². The largest absolute Gasteiger partial charge is 0.392 e. The van der Waals surface area contributed by atoms with E-state index >= 15 is 0 Å². The molecule has 1 heterocycles. The Morgan fingerprint density at radius 2 is 1.86 bits per heavy atom. The van der Waals surface area contributed by atoms with Crippen molar-refractivity contribution in [1.29, 1.82) is 0 Å². The predicted molar refractivity (Wildman–Crippen MR) is 154 cm³/mol. The van der Waals surface area contributed by atoms with Crippen LogP contribution in [0.2, 0.25) is 0 Å². The third-order valence-electron chi connectivity index (χ3n) is 7.31. The Kier molecular flexibility index (Phi) is 9.05. The lowest BCUT2D eigenvalue weighted by atomic mass is 9.88. The molecule has 2 aromatic rings. The summed E-state index contributed by atoms with van der Waals surface area (Å²) >= 11 is 3.84. The number of rotatable bonds is 8. The number of aryl methyl sites for hydroxylation is 1. The molecule has 0 unspecified atom stereocenters. The summed E-state index contributed by atoms with van der Waals surface area (Å²) in [4.78, 5) is 31.1. The van der Waals surface area contributed by atoms with E-state index < -0.39 is 4.75 Å². The molecule has 1 saturated carbocycles. The fraction of sp³-hybridized carbons (Fsp3) is 0.517. The van der Waals surface area contributed by atoms with E-state index in [1.807, 2.05) is 18.2 Å². The summed E-state index contributed by atoms with van der Waals surface area (Å²) < 4.78 is -0.00974. The Morgan fingerprint density at radius 1 is 1.17 bits per heavy atom. The van der Waals surface area contributed by atoms with Gasteiger partial charge < -0.3 is 15.3 Å². The maximum atomic E-state index is 14.2. The van der Waals surface area contributed by atoms with E-state index in [2.05, 4.69) is 77.8 Å². The van der Waals surface area contributed by atoms with Crippen LogP contribution in [0, 0.1) is 16.4 Å². The van der Waals surface area contributed by atoms with Gasteiger partial charge in [-0.2, -0.15) is 0 Å². The lowest BCUT2D eigenvalue weighted by Crippen LogP contribution is -2.50. The van der Waals surface area contributed by atoms with Gasteiger partial charge >= 0.3 is 0 Å². The van der Waals surface area contributed by atoms with Crippen molar-refractivity contribution in [1.82, 2.24) is 10.2 Å². The molecule has 2 amide bonds. The average molecular weight is 621 g/mol.